The van der Waals surface area contributed by atoms with Crippen molar-refractivity contribution in [2.45, 2.75) is 37.9 Å². The number of phenolic OH excluding ortho intramolecular Hbond substituents is 1. The molecule has 0 bridgehead atoms. The van der Waals surface area contributed by atoms with Crippen molar-refractivity contribution < 1.29 is 14.6 Å². The van der Waals surface area contributed by atoms with Crippen molar-refractivity contribution >= 4 is 11.7 Å². The van der Waals surface area contributed by atoms with E-state index in [0.29, 0.717) is 29.9 Å². The molecule has 1 aliphatic carbocycles. The number of phenols is 1. The third-order valence-corrected chi connectivity index (χ3v) is 5.31. The first-order valence-corrected chi connectivity index (χ1v) is 9.73. The largest absolute Gasteiger partial charge is 0.507 e. The van der Waals surface area contributed by atoms with E-state index in [2.05, 4.69) is 20.5 Å². The number of carbonyl (C=O) groups is 1. The molecule has 7 heteroatoms. The Labute approximate surface area is 164 Å². The number of nitrogens with zero attached hydrogens (tertiary/aromatic N) is 2. The number of nitrogens with one attached hydrogen (secondary N) is 2. The number of amides is 1. The van der Waals surface area contributed by atoms with Crippen molar-refractivity contribution in [2.75, 3.05) is 25.1 Å². The van der Waals surface area contributed by atoms with Crippen LogP contribution < -0.4 is 20.3 Å². The van der Waals surface area contributed by atoms with E-state index in [1.54, 1.807) is 19.4 Å². The van der Waals surface area contributed by atoms with Crippen molar-refractivity contribution in [3.8, 4) is 11.5 Å². The Balaban J connectivity index is 1.29. The van der Waals surface area contributed by atoms with Gasteiger partial charge >= 0.3 is 0 Å². The fourth-order valence-electron chi connectivity index (χ4n) is 3.41. The molecule has 0 spiro atoms. The van der Waals surface area contributed by atoms with Crippen LogP contribution in [0.4, 0.5) is 5.82 Å². The van der Waals surface area contributed by atoms with Crippen LogP contribution >= 0.6 is 0 Å². The average molecular weight is 382 g/mol. The molecule has 2 fully saturated rings. The Morgan fingerprint density at radius 2 is 2.11 bits per heavy atom. The van der Waals surface area contributed by atoms with Gasteiger partial charge in [0.2, 0.25) is 0 Å². The standard InChI is InChI=1S/C21H26N4O3/c1-28-18-6-2-14(19(26)10-18)11-22-17-8-9-25(13-17)20-7-3-15(12-23-20)21(27)24-16-4-5-16/h2-3,6-7,10,12,16-17,22,26H,4-5,8-9,11,13H2,1H3,(H,24,27)/t17-/m1/s1. The lowest BCUT2D eigenvalue weighted by Gasteiger charge is -2.18. The molecule has 0 radical (unpaired) electrons. The fourth-order valence-corrected chi connectivity index (χ4v) is 3.41. The summed E-state index contributed by atoms with van der Waals surface area (Å²) in [7, 11) is 1.58. The van der Waals surface area contributed by atoms with Crippen molar-refractivity contribution in [3.05, 3.63) is 47.7 Å². The molecule has 148 valence electrons. The number of rotatable bonds is 7. The summed E-state index contributed by atoms with van der Waals surface area (Å²) >= 11 is 0. The molecule has 3 N–H and O–H groups in total. The number of methoxy groups -OCH3 is 1. The molecule has 2 aliphatic rings. The molecule has 7 nitrogen and oxygen atoms in total. The minimum absolute atomic E-state index is 0.0400. The molecule has 4 rings (SSSR count). The van der Waals surface area contributed by atoms with Crippen LogP contribution in [-0.2, 0) is 6.54 Å². The predicted octanol–water partition coefficient (Wildman–Crippen LogP) is 2.06. The fraction of sp³-hybridized carbons (Fsp3) is 0.429. The first-order valence-electron chi connectivity index (χ1n) is 9.73. The van der Waals surface area contributed by atoms with Crippen LogP contribution in [0.3, 0.4) is 0 Å². The second-order valence-electron chi connectivity index (χ2n) is 7.46. The topological polar surface area (TPSA) is 86.7 Å². The minimum Gasteiger partial charge on any atom is -0.507 e. The third kappa shape index (κ3) is 4.36. The van der Waals surface area contributed by atoms with Crippen LogP contribution in [0, 0.1) is 0 Å². The first kappa shape index (κ1) is 18.6. The van der Waals surface area contributed by atoms with Gasteiger partial charge in [-0.2, -0.15) is 0 Å². The number of anilines is 1. The molecule has 28 heavy (non-hydrogen) atoms. The van der Waals surface area contributed by atoms with E-state index in [1.807, 2.05) is 24.3 Å². The van der Waals surface area contributed by atoms with Crippen LogP contribution in [0.25, 0.3) is 0 Å². The van der Waals surface area contributed by atoms with Gasteiger partial charge in [-0.05, 0) is 37.5 Å². The highest BCUT2D eigenvalue weighted by Gasteiger charge is 2.25. The molecule has 0 unspecified atom stereocenters. The van der Waals surface area contributed by atoms with Gasteiger partial charge in [0, 0.05) is 49.5 Å². The number of hydrogen-bond acceptors (Lipinski definition) is 6. The minimum atomic E-state index is -0.0400. The second kappa shape index (κ2) is 8.06. The zero-order chi connectivity index (χ0) is 19.5. The maximum absolute atomic E-state index is 12.1. The quantitative estimate of drug-likeness (QED) is 0.680. The predicted molar refractivity (Wildman–Crippen MR) is 107 cm³/mol. The van der Waals surface area contributed by atoms with Gasteiger partial charge in [0.25, 0.3) is 5.91 Å². The molecule has 2 aromatic rings. The smallest absolute Gasteiger partial charge is 0.253 e. The lowest BCUT2D eigenvalue weighted by atomic mass is 10.1. The number of pyridine rings is 1. The monoisotopic (exact) mass is 382 g/mol. The number of aromatic nitrogens is 1. The van der Waals surface area contributed by atoms with Crippen molar-refractivity contribution in [2.24, 2.45) is 0 Å². The van der Waals surface area contributed by atoms with Gasteiger partial charge in [0.1, 0.15) is 17.3 Å². The lowest BCUT2D eigenvalue weighted by molar-refractivity contribution is 0.0950. The van der Waals surface area contributed by atoms with Gasteiger partial charge in [0.15, 0.2) is 0 Å². The summed E-state index contributed by atoms with van der Waals surface area (Å²) < 4.78 is 5.12. The highest BCUT2D eigenvalue weighted by Crippen LogP contribution is 2.24. The van der Waals surface area contributed by atoms with Gasteiger partial charge in [-0.3, -0.25) is 4.79 Å². The molecular weight excluding hydrogens is 356 g/mol. The molecule has 1 aromatic carbocycles. The Morgan fingerprint density at radius 1 is 1.25 bits per heavy atom. The molecule has 1 saturated heterocycles. The number of hydrogen-bond donors (Lipinski definition) is 3. The average Bonchev–Trinajstić information content (AvgIpc) is 3.40. The maximum Gasteiger partial charge on any atom is 0.253 e. The summed E-state index contributed by atoms with van der Waals surface area (Å²) in [6.45, 7) is 2.35. The highest BCUT2D eigenvalue weighted by molar-refractivity contribution is 5.94. The van der Waals surface area contributed by atoms with Crippen molar-refractivity contribution in [3.63, 3.8) is 0 Å². The zero-order valence-electron chi connectivity index (χ0n) is 16.0. The summed E-state index contributed by atoms with van der Waals surface area (Å²) in [6, 6.07) is 9.78. The number of ether oxygens (including phenoxy) is 1. The van der Waals surface area contributed by atoms with E-state index in [4.69, 9.17) is 4.74 Å². The summed E-state index contributed by atoms with van der Waals surface area (Å²) in [5, 5.41) is 16.6. The number of aromatic hydroxyl groups is 1. The molecular formula is C21H26N4O3. The molecule has 1 saturated carbocycles. The summed E-state index contributed by atoms with van der Waals surface area (Å²) in [6.07, 6.45) is 4.81. The molecule has 1 aromatic heterocycles. The Kier molecular flexibility index (Phi) is 5.34. The van der Waals surface area contributed by atoms with Crippen LogP contribution in [-0.4, -0.2) is 48.3 Å². The van der Waals surface area contributed by atoms with Crippen LogP contribution in [0.5, 0.6) is 11.5 Å². The summed E-state index contributed by atoms with van der Waals surface area (Å²) in [5.41, 5.74) is 1.46. The number of benzene rings is 1. The SMILES string of the molecule is COc1ccc(CN[C@@H]2CCN(c3ccc(C(=O)NC4CC4)cn3)C2)c(O)c1. The van der Waals surface area contributed by atoms with E-state index in [1.165, 1.54) is 0 Å². The highest BCUT2D eigenvalue weighted by atomic mass is 16.5. The summed E-state index contributed by atoms with van der Waals surface area (Å²) in [4.78, 5) is 18.8. The van der Waals surface area contributed by atoms with E-state index in [9.17, 15) is 9.90 Å². The Bertz CT molecular complexity index is 836. The van der Waals surface area contributed by atoms with E-state index >= 15 is 0 Å². The Hall–Kier alpha value is -2.80. The van der Waals surface area contributed by atoms with Gasteiger partial charge in [-0.25, -0.2) is 4.98 Å². The molecule has 1 aliphatic heterocycles. The zero-order valence-corrected chi connectivity index (χ0v) is 16.0. The van der Waals surface area contributed by atoms with Gasteiger partial charge < -0.3 is 25.4 Å². The van der Waals surface area contributed by atoms with Crippen molar-refractivity contribution in [1.29, 1.82) is 0 Å². The molecule has 1 amide bonds. The molecule has 1 atom stereocenters. The van der Waals surface area contributed by atoms with Crippen molar-refractivity contribution in [1.82, 2.24) is 15.6 Å². The number of carbonyl (C=O) groups excluding carboxylic acids is 1. The van der Waals surface area contributed by atoms with E-state index in [-0.39, 0.29) is 11.7 Å². The normalized spacial score (nSPS) is 18.9. The lowest BCUT2D eigenvalue weighted by Crippen LogP contribution is -2.32. The molecule has 2 heterocycles. The van der Waals surface area contributed by atoms with E-state index < -0.39 is 0 Å². The van der Waals surface area contributed by atoms with Gasteiger partial charge in [-0.15, -0.1) is 0 Å². The van der Waals surface area contributed by atoms with Crippen LogP contribution in [0.2, 0.25) is 0 Å². The van der Waals surface area contributed by atoms with Crippen LogP contribution in [0.15, 0.2) is 36.5 Å². The Morgan fingerprint density at radius 3 is 2.79 bits per heavy atom. The maximum atomic E-state index is 12.1. The first-order chi connectivity index (χ1) is 13.6. The second-order valence-corrected chi connectivity index (χ2v) is 7.46. The van der Waals surface area contributed by atoms with E-state index in [0.717, 1.165) is 43.7 Å². The van der Waals surface area contributed by atoms with Gasteiger partial charge in [0.05, 0.1) is 12.7 Å². The van der Waals surface area contributed by atoms with Gasteiger partial charge in [-0.1, -0.05) is 6.07 Å². The third-order valence-electron chi connectivity index (χ3n) is 5.31. The summed E-state index contributed by atoms with van der Waals surface area (Å²) in [5.74, 6) is 1.73. The van der Waals surface area contributed by atoms with Crippen LogP contribution in [0.1, 0.15) is 35.2 Å².